The Hall–Kier alpha value is -1.32. The summed E-state index contributed by atoms with van der Waals surface area (Å²) in [5, 5.41) is 0. The van der Waals surface area contributed by atoms with Crippen molar-refractivity contribution in [3.63, 3.8) is 0 Å². The zero-order valence-corrected chi connectivity index (χ0v) is 8.43. The van der Waals surface area contributed by atoms with Crippen molar-refractivity contribution in [3.8, 4) is 0 Å². The summed E-state index contributed by atoms with van der Waals surface area (Å²) in [4.78, 5) is 23.2. The zero-order chi connectivity index (χ0) is 10.7. The van der Waals surface area contributed by atoms with Crippen LogP contribution in [-0.4, -0.2) is 25.2 Å². The largest absolute Gasteiger partial charge is 0.469 e. The fraction of sp³-hybridized carbons (Fsp3) is 0.636. The molecular weight excluding hydrogens is 196 g/mol. The molecule has 5 atom stereocenters. The molecule has 15 heavy (non-hydrogen) atoms. The number of methoxy groups -OCH3 is 1. The van der Waals surface area contributed by atoms with Crippen LogP contribution in [0.2, 0.25) is 0 Å². The average Bonchev–Trinajstić information content (AvgIpc) is 2.80. The van der Waals surface area contributed by atoms with Crippen molar-refractivity contribution < 1.29 is 19.1 Å². The maximum absolute atomic E-state index is 11.6. The van der Waals surface area contributed by atoms with E-state index in [2.05, 4.69) is 6.58 Å². The van der Waals surface area contributed by atoms with Gasteiger partial charge < -0.3 is 9.47 Å². The molecule has 4 nitrogen and oxygen atoms in total. The van der Waals surface area contributed by atoms with Gasteiger partial charge in [0.1, 0.15) is 6.10 Å². The lowest BCUT2D eigenvalue weighted by molar-refractivity contribution is -0.153. The number of hydrogen-bond acceptors (Lipinski definition) is 4. The van der Waals surface area contributed by atoms with Crippen LogP contribution in [0.15, 0.2) is 12.2 Å². The molecule has 1 heterocycles. The fourth-order valence-corrected chi connectivity index (χ4v) is 3.42. The molecule has 3 rings (SSSR count). The third-order valence-corrected chi connectivity index (χ3v) is 4.03. The van der Waals surface area contributed by atoms with Crippen LogP contribution in [0, 0.1) is 23.7 Å². The molecule has 0 aromatic rings. The Morgan fingerprint density at radius 3 is 3.00 bits per heavy atom. The first kappa shape index (κ1) is 8.95. The van der Waals surface area contributed by atoms with Gasteiger partial charge in [-0.2, -0.15) is 0 Å². The lowest BCUT2D eigenvalue weighted by Crippen LogP contribution is -2.33. The van der Waals surface area contributed by atoms with Crippen LogP contribution < -0.4 is 0 Å². The molecule has 2 bridgehead atoms. The van der Waals surface area contributed by atoms with Crippen molar-refractivity contribution >= 4 is 11.9 Å². The Kier molecular flexibility index (Phi) is 1.56. The first-order valence-corrected chi connectivity index (χ1v) is 5.12. The number of carbonyl (C=O) groups excluding carboxylic acids is 2. The summed E-state index contributed by atoms with van der Waals surface area (Å²) < 4.78 is 9.98. The van der Waals surface area contributed by atoms with Gasteiger partial charge in [0.2, 0.25) is 0 Å². The van der Waals surface area contributed by atoms with Crippen LogP contribution in [-0.2, 0) is 19.1 Å². The highest BCUT2D eigenvalue weighted by atomic mass is 16.6. The molecule has 0 radical (unpaired) electrons. The molecule has 3 fully saturated rings. The molecule has 0 N–H and O–H groups in total. The van der Waals surface area contributed by atoms with E-state index in [1.807, 2.05) is 0 Å². The van der Waals surface area contributed by atoms with Crippen molar-refractivity contribution in [1.82, 2.24) is 0 Å². The maximum atomic E-state index is 11.6. The van der Waals surface area contributed by atoms with Crippen LogP contribution in [0.4, 0.5) is 0 Å². The summed E-state index contributed by atoms with van der Waals surface area (Å²) in [5.74, 6) is -0.924. The molecule has 3 aliphatic rings. The van der Waals surface area contributed by atoms with Gasteiger partial charge in [-0.15, -0.1) is 0 Å². The predicted molar refractivity (Wildman–Crippen MR) is 49.6 cm³/mol. The topological polar surface area (TPSA) is 52.6 Å². The number of esters is 2. The molecule has 1 aliphatic heterocycles. The quantitative estimate of drug-likeness (QED) is 0.465. The third-order valence-electron chi connectivity index (χ3n) is 4.03. The van der Waals surface area contributed by atoms with Crippen molar-refractivity contribution in [2.75, 3.05) is 7.11 Å². The second kappa shape index (κ2) is 2.62. The third kappa shape index (κ3) is 0.874. The summed E-state index contributed by atoms with van der Waals surface area (Å²) in [6.45, 7) is 3.93. The van der Waals surface area contributed by atoms with Gasteiger partial charge >= 0.3 is 11.9 Å². The van der Waals surface area contributed by atoms with Crippen molar-refractivity contribution in [1.29, 1.82) is 0 Å². The highest BCUT2D eigenvalue weighted by Crippen LogP contribution is 2.59. The smallest absolute Gasteiger partial charge is 0.310 e. The zero-order valence-electron chi connectivity index (χ0n) is 8.43. The van der Waals surface area contributed by atoms with Crippen LogP contribution in [0.3, 0.4) is 0 Å². The van der Waals surface area contributed by atoms with Crippen molar-refractivity contribution in [2.45, 2.75) is 12.5 Å². The number of fused-ring (bicyclic) bond motifs is 1. The molecule has 4 heteroatoms. The van der Waals surface area contributed by atoms with Crippen LogP contribution >= 0.6 is 0 Å². The highest BCUT2D eigenvalue weighted by Gasteiger charge is 2.66. The summed E-state index contributed by atoms with van der Waals surface area (Å²) in [5.41, 5.74) is 0.900. The molecule has 2 aliphatic carbocycles. The Bertz CT molecular complexity index is 373. The highest BCUT2D eigenvalue weighted by molar-refractivity contribution is 5.87. The summed E-state index contributed by atoms with van der Waals surface area (Å²) in [6, 6.07) is 0. The number of hydrogen-bond donors (Lipinski definition) is 0. The lowest BCUT2D eigenvalue weighted by Gasteiger charge is -2.23. The van der Waals surface area contributed by atoms with Crippen LogP contribution in [0.1, 0.15) is 6.42 Å². The van der Waals surface area contributed by atoms with Crippen molar-refractivity contribution in [2.24, 2.45) is 23.7 Å². The Labute approximate surface area is 87.2 Å². The molecular formula is C11H12O4. The van der Waals surface area contributed by atoms with E-state index in [9.17, 15) is 9.59 Å². The number of carbonyl (C=O) groups is 2. The Balaban J connectivity index is 2.02. The van der Waals surface area contributed by atoms with Gasteiger partial charge in [0, 0.05) is 5.92 Å². The summed E-state index contributed by atoms with van der Waals surface area (Å²) in [7, 11) is 1.36. The van der Waals surface area contributed by atoms with Gasteiger partial charge in [0.05, 0.1) is 18.9 Å². The molecule has 1 saturated heterocycles. The predicted octanol–water partition coefficient (Wildman–Crippen LogP) is 0.523. The number of rotatable bonds is 1. The van der Waals surface area contributed by atoms with Gasteiger partial charge in [-0.3, -0.25) is 9.59 Å². The van der Waals surface area contributed by atoms with E-state index < -0.39 is 0 Å². The lowest BCUT2D eigenvalue weighted by atomic mass is 9.78. The minimum atomic E-state index is -0.348. The van der Waals surface area contributed by atoms with Gasteiger partial charge in [-0.05, 0) is 17.9 Å². The fourth-order valence-electron chi connectivity index (χ4n) is 3.42. The summed E-state index contributed by atoms with van der Waals surface area (Å²) >= 11 is 0. The Morgan fingerprint density at radius 1 is 1.60 bits per heavy atom. The normalized spacial score (nSPS) is 45.8. The molecule has 80 valence electrons. The van der Waals surface area contributed by atoms with Gasteiger partial charge in [-0.1, -0.05) is 6.58 Å². The Morgan fingerprint density at radius 2 is 2.33 bits per heavy atom. The van der Waals surface area contributed by atoms with Crippen LogP contribution in [0.5, 0.6) is 0 Å². The minimum absolute atomic E-state index is 0.0869. The molecule has 5 unspecified atom stereocenters. The van der Waals surface area contributed by atoms with E-state index in [0.717, 1.165) is 12.0 Å². The van der Waals surface area contributed by atoms with E-state index in [0.29, 0.717) is 0 Å². The second-order valence-corrected chi connectivity index (χ2v) is 4.51. The van der Waals surface area contributed by atoms with Crippen LogP contribution in [0.25, 0.3) is 0 Å². The van der Waals surface area contributed by atoms with Gasteiger partial charge in [-0.25, -0.2) is 0 Å². The first-order chi connectivity index (χ1) is 7.15. The van der Waals surface area contributed by atoms with Gasteiger partial charge in [0.25, 0.3) is 0 Å². The average molecular weight is 208 g/mol. The molecule has 2 saturated carbocycles. The summed E-state index contributed by atoms with van der Waals surface area (Å²) in [6.07, 6.45) is 0.716. The first-order valence-electron chi connectivity index (χ1n) is 5.12. The second-order valence-electron chi connectivity index (χ2n) is 4.51. The van der Waals surface area contributed by atoms with E-state index in [4.69, 9.17) is 9.47 Å². The maximum Gasteiger partial charge on any atom is 0.310 e. The molecule has 0 amide bonds. The van der Waals surface area contributed by atoms with E-state index in [1.165, 1.54) is 7.11 Å². The molecule has 0 spiro atoms. The molecule has 0 aromatic carbocycles. The monoisotopic (exact) mass is 208 g/mol. The molecule has 0 aromatic heterocycles. The minimum Gasteiger partial charge on any atom is -0.469 e. The number of ether oxygens (including phenoxy) is 2. The van der Waals surface area contributed by atoms with Gasteiger partial charge in [0.15, 0.2) is 0 Å². The van der Waals surface area contributed by atoms with E-state index in [1.54, 1.807) is 0 Å². The van der Waals surface area contributed by atoms with E-state index >= 15 is 0 Å². The van der Waals surface area contributed by atoms with Crippen molar-refractivity contribution in [3.05, 3.63) is 12.2 Å². The van der Waals surface area contributed by atoms with E-state index in [-0.39, 0.29) is 41.7 Å². The SMILES string of the molecule is C=C1C2CC3C1OC(=O)C3C2C(=O)OC. The standard InChI is InChI=1S/C11H12O4/c1-4-5-3-6-8(7(5)10(12)14-2)11(13)15-9(4)6/h5-9H,1,3H2,2H3.